The summed E-state index contributed by atoms with van der Waals surface area (Å²) in [6.07, 6.45) is 3.63. The Morgan fingerprint density at radius 1 is 1.14 bits per heavy atom. The van der Waals surface area contributed by atoms with Crippen LogP contribution < -0.4 is 0 Å². The summed E-state index contributed by atoms with van der Waals surface area (Å²) < 4.78 is 16.8. The largest absolute Gasteiger partial charge is 0.417 e. The zero-order valence-corrected chi connectivity index (χ0v) is 15.4. The van der Waals surface area contributed by atoms with E-state index in [0.717, 1.165) is 19.4 Å². The number of hydrogen-bond donors (Lipinski definition) is 0. The van der Waals surface area contributed by atoms with E-state index in [1.54, 1.807) is 0 Å². The molecule has 0 N–H and O–H groups in total. The lowest BCUT2D eigenvalue weighted by Crippen LogP contribution is -2.40. The Kier molecular flexibility index (Phi) is 7.54. The average molecular weight is 317 g/mol. The summed E-state index contributed by atoms with van der Waals surface area (Å²) in [6.45, 7) is 13.4. The number of carbonyl (C=O) groups is 1. The summed E-state index contributed by atoms with van der Waals surface area (Å²) in [5, 5.41) is 0.254. The van der Waals surface area contributed by atoms with Gasteiger partial charge in [0.05, 0.1) is 13.2 Å². The molecule has 1 rings (SSSR count). The van der Waals surface area contributed by atoms with E-state index in [1.165, 1.54) is 0 Å². The van der Waals surface area contributed by atoms with Crippen molar-refractivity contribution in [1.29, 1.82) is 0 Å². The smallest absolute Gasteiger partial charge is 0.191 e. The first-order valence-corrected chi connectivity index (χ1v) is 11.0. The van der Waals surface area contributed by atoms with Crippen LogP contribution in [0.4, 0.5) is 0 Å². The van der Waals surface area contributed by atoms with Gasteiger partial charge in [-0.3, -0.25) is 4.79 Å². The highest BCUT2D eigenvalue weighted by molar-refractivity contribution is 6.74. The van der Waals surface area contributed by atoms with E-state index in [0.29, 0.717) is 38.3 Å². The van der Waals surface area contributed by atoms with Crippen LogP contribution in [0.15, 0.2) is 0 Å². The Labute approximate surface area is 130 Å². The predicted molar refractivity (Wildman–Crippen MR) is 86.9 cm³/mol. The van der Waals surface area contributed by atoms with Gasteiger partial charge in [-0.1, -0.05) is 20.8 Å². The topological polar surface area (TPSA) is 44.8 Å². The maximum absolute atomic E-state index is 11.8. The third kappa shape index (κ3) is 7.04. The average Bonchev–Trinajstić information content (AvgIpc) is 2.87. The first-order chi connectivity index (χ1) is 9.72. The van der Waals surface area contributed by atoms with Gasteiger partial charge in [0.1, 0.15) is 5.78 Å². The van der Waals surface area contributed by atoms with E-state index in [2.05, 4.69) is 33.9 Å². The lowest BCUT2D eigenvalue weighted by molar-refractivity contribution is -0.121. The third-order valence-corrected chi connectivity index (χ3v) is 9.01. The van der Waals surface area contributed by atoms with Crippen molar-refractivity contribution in [3.05, 3.63) is 0 Å². The molecule has 0 saturated carbocycles. The molecular formula is C16H32O4Si. The highest BCUT2D eigenvalue weighted by Gasteiger charge is 2.36. The Morgan fingerprint density at radius 2 is 1.76 bits per heavy atom. The van der Waals surface area contributed by atoms with Crippen molar-refractivity contribution in [3.63, 3.8) is 0 Å². The zero-order valence-electron chi connectivity index (χ0n) is 14.4. The summed E-state index contributed by atoms with van der Waals surface area (Å²) in [4.78, 5) is 11.8. The van der Waals surface area contributed by atoms with Gasteiger partial charge < -0.3 is 13.9 Å². The zero-order chi connectivity index (χ0) is 15.9. The number of hydrogen-bond acceptors (Lipinski definition) is 4. The maximum Gasteiger partial charge on any atom is 0.191 e. The number of ether oxygens (including phenoxy) is 2. The van der Waals surface area contributed by atoms with Crippen molar-refractivity contribution in [1.82, 2.24) is 0 Å². The minimum absolute atomic E-state index is 0.157. The van der Waals surface area contributed by atoms with Gasteiger partial charge in [-0.05, 0) is 31.0 Å². The second-order valence-corrected chi connectivity index (χ2v) is 12.1. The van der Waals surface area contributed by atoms with Crippen LogP contribution in [0.1, 0.15) is 52.9 Å². The van der Waals surface area contributed by atoms with Gasteiger partial charge in [0, 0.05) is 25.9 Å². The molecule has 0 radical (unpaired) electrons. The van der Waals surface area contributed by atoms with Crippen LogP contribution in [0.3, 0.4) is 0 Å². The molecule has 21 heavy (non-hydrogen) atoms. The molecule has 0 unspecified atom stereocenters. The van der Waals surface area contributed by atoms with E-state index in [-0.39, 0.29) is 11.3 Å². The van der Waals surface area contributed by atoms with Crippen LogP contribution in [0.25, 0.3) is 0 Å². The van der Waals surface area contributed by atoms with E-state index < -0.39 is 8.32 Å². The molecule has 0 bridgehead atoms. The lowest BCUT2D eigenvalue weighted by Gasteiger charge is -2.36. The Balaban J connectivity index is 2.04. The van der Waals surface area contributed by atoms with E-state index in [1.807, 2.05) is 0 Å². The summed E-state index contributed by atoms with van der Waals surface area (Å²) in [6, 6.07) is 0. The molecule has 4 nitrogen and oxygen atoms in total. The van der Waals surface area contributed by atoms with Crippen molar-refractivity contribution in [2.75, 3.05) is 19.8 Å². The molecule has 1 saturated heterocycles. The fourth-order valence-corrected chi connectivity index (χ4v) is 3.03. The summed E-state index contributed by atoms with van der Waals surface area (Å²) in [5.41, 5.74) is 0. The van der Waals surface area contributed by atoms with Crippen molar-refractivity contribution in [2.45, 2.75) is 77.3 Å². The highest BCUT2D eigenvalue weighted by Crippen LogP contribution is 2.36. The summed E-state index contributed by atoms with van der Waals surface area (Å²) in [7, 11) is -1.63. The van der Waals surface area contributed by atoms with Gasteiger partial charge in [0.25, 0.3) is 0 Å². The second-order valence-electron chi connectivity index (χ2n) is 7.31. The van der Waals surface area contributed by atoms with Gasteiger partial charge in [-0.2, -0.15) is 0 Å². The highest BCUT2D eigenvalue weighted by atomic mass is 28.4. The maximum atomic E-state index is 11.8. The molecule has 0 aliphatic carbocycles. The minimum Gasteiger partial charge on any atom is -0.417 e. The van der Waals surface area contributed by atoms with E-state index >= 15 is 0 Å². The fourth-order valence-electron chi connectivity index (χ4n) is 1.95. The second kappa shape index (κ2) is 8.41. The summed E-state index contributed by atoms with van der Waals surface area (Å²) in [5.74, 6) is 0.307. The standard InChI is InChI=1S/C16H32O4Si/c1-16(2,3)21(4,5)20-11-7-6-8-14(17)9-10-15-18-12-13-19-15/h15H,6-13H2,1-5H3. The molecule has 0 amide bonds. The van der Waals surface area contributed by atoms with Crippen molar-refractivity contribution >= 4 is 14.1 Å². The molecule has 1 aliphatic heterocycles. The molecule has 0 spiro atoms. The molecule has 0 aromatic rings. The Bertz CT molecular complexity index is 317. The lowest BCUT2D eigenvalue weighted by atomic mass is 10.1. The predicted octanol–water partition coefficient (Wildman–Crippen LogP) is 3.90. The number of unbranched alkanes of at least 4 members (excludes halogenated alkanes) is 1. The number of ketones is 1. The van der Waals surface area contributed by atoms with Crippen molar-refractivity contribution in [2.24, 2.45) is 0 Å². The number of Topliss-reactive ketones (excluding diaryl/α,β-unsaturated/α-hetero) is 1. The van der Waals surface area contributed by atoms with Crippen LogP contribution in [0, 0.1) is 0 Å². The SMILES string of the molecule is CC(C)(C)[Si](C)(C)OCCCCC(=O)CCC1OCCO1. The number of rotatable bonds is 9. The van der Waals surface area contributed by atoms with Crippen LogP contribution in [-0.2, 0) is 18.7 Å². The van der Waals surface area contributed by atoms with Gasteiger partial charge >= 0.3 is 0 Å². The van der Waals surface area contributed by atoms with Gasteiger partial charge in [0.15, 0.2) is 14.6 Å². The third-order valence-electron chi connectivity index (χ3n) is 4.47. The molecule has 5 heteroatoms. The number of carbonyl (C=O) groups excluding carboxylic acids is 1. The quantitative estimate of drug-likeness (QED) is 0.478. The molecule has 1 aliphatic rings. The Morgan fingerprint density at radius 3 is 2.33 bits per heavy atom. The fraction of sp³-hybridized carbons (Fsp3) is 0.938. The van der Waals surface area contributed by atoms with Crippen LogP contribution in [0.2, 0.25) is 18.1 Å². The van der Waals surface area contributed by atoms with E-state index in [4.69, 9.17) is 13.9 Å². The molecule has 0 aromatic heterocycles. The minimum atomic E-state index is -1.63. The first kappa shape index (κ1) is 18.8. The van der Waals surface area contributed by atoms with Crippen LogP contribution in [-0.4, -0.2) is 40.2 Å². The molecule has 1 fully saturated rings. The molecular weight excluding hydrogens is 284 g/mol. The monoisotopic (exact) mass is 316 g/mol. The van der Waals surface area contributed by atoms with Gasteiger partial charge in [-0.25, -0.2) is 0 Å². The van der Waals surface area contributed by atoms with Crippen LogP contribution >= 0.6 is 0 Å². The van der Waals surface area contributed by atoms with Crippen molar-refractivity contribution in [3.8, 4) is 0 Å². The molecule has 124 valence electrons. The Hall–Kier alpha value is -0.233. The van der Waals surface area contributed by atoms with Gasteiger partial charge in [0.2, 0.25) is 0 Å². The first-order valence-electron chi connectivity index (χ1n) is 8.11. The normalized spacial score (nSPS) is 17.4. The molecule has 0 aromatic carbocycles. The van der Waals surface area contributed by atoms with Gasteiger partial charge in [-0.15, -0.1) is 0 Å². The molecule has 1 heterocycles. The van der Waals surface area contributed by atoms with E-state index in [9.17, 15) is 4.79 Å². The molecule has 0 atom stereocenters. The van der Waals surface area contributed by atoms with Crippen LogP contribution in [0.5, 0.6) is 0 Å². The van der Waals surface area contributed by atoms with Crippen molar-refractivity contribution < 1.29 is 18.7 Å². The summed E-state index contributed by atoms with van der Waals surface area (Å²) >= 11 is 0.